The molecule has 2 aromatic rings. The topological polar surface area (TPSA) is 86.2 Å². The van der Waals surface area contributed by atoms with E-state index in [1.807, 2.05) is 47.8 Å². The summed E-state index contributed by atoms with van der Waals surface area (Å²) in [6.07, 6.45) is 1.50. The number of amides is 1. The normalized spacial score (nSPS) is 13.8. The molecule has 1 saturated heterocycles. The number of nitrogens with zero attached hydrogens (tertiary/aromatic N) is 1. The SMILES string of the molecule is CCOC(=O)COc1ccc(/C=N\NC(=O)COc2ccc(C3SCCS3)cc2)cc1Br. The molecule has 1 amide bonds. The monoisotopic (exact) mass is 538 g/mol. The highest BCUT2D eigenvalue weighted by Gasteiger charge is 2.18. The largest absolute Gasteiger partial charge is 0.484 e. The van der Waals surface area contributed by atoms with Crippen molar-refractivity contribution in [1.29, 1.82) is 0 Å². The Morgan fingerprint density at radius 3 is 2.56 bits per heavy atom. The van der Waals surface area contributed by atoms with E-state index in [4.69, 9.17) is 14.2 Å². The van der Waals surface area contributed by atoms with Crippen LogP contribution in [0.25, 0.3) is 0 Å². The van der Waals surface area contributed by atoms with Gasteiger partial charge >= 0.3 is 5.97 Å². The van der Waals surface area contributed by atoms with E-state index in [1.165, 1.54) is 23.3 Å². The van der Waals surface area contributed by atoms with E-state index in [-0.39, 0.29) is 19.1 Å². The molecule has 170 valence electrons. The average molecular weight is 539 g/mol. The number of esters is 1. The number of thioether (sulfide) groups is 2. The fourth-order valence-electron chi connectivity index (χ4n) is 2.69. The van der Waals surface area contributed by atoms with Crippen molar-refractivity contribution in [3.8, 4) is 11.5 Å². The van der Waals surface area contributed by atoms with Crippen LogP contribution in [0.5, 0.6) is 11.5 Å². The first kappa shape index (κ1) is 24.5. The molecule has 10 heteroatoms. The summed E-state index contributed by atoms with van der Waals surface area (Å²) in [7, 11) is 0. The van der Waals surface area contributed by atoms with Gasteiger partial charge in [0.05, 0.1) is 21.9 Å². The third kappa shape index (κ3) is 7.75. The molecule has 0 unspecified atom stereocenters. The van der Waals surface area contributed by atoms with E-state index in [1.54, 1.807) is 25.1 Å². The average Bonchev–Trinajstić information content (AvgIpc) is 3.33. The zero-order chi connectivity index (χ0) is 22.8. The van der Waals surface area contributed by atoms with Gasteiger partial charge in [-0.1, -0.05) is 12.1 Å². The van der Waals surface area contributed by atoms with Gasteiger partial charge in [0.2, 0.25) is 0 Å². The summed E-state index contributed by atoms with van der Waals surface area (Å²) < 4.78 is 16.9. The van der Waals surface area contributed by atoms with E-state index >= 15 is 0 Å². The number of nitrogens with one attached hydrogen (secondary N) is 1. The molecular weight excluding hydrogens is 516 g/mol. The minimum Gasteiger partial charge on any atom is -0.484 e. The summed E-state index contributed by atoms with van der Waals surface area (Å²) in [5.74, 6) is 2.71. The van der Waals surface area contributed by atoms with Crippen LogP contribution in [0.15, 0.2) is 52.0 Å². The van der Waals surface area contributed by atoms with Crippen LogP contribution in [0.3, 0.4) is 0 Å². The number of benzene rings is 2. The number of carbonyl (C=O) groups is 2. The number of hydrogen-bond acceptors (Lipinski definition) is 8. The van der Waals surface area contributed by atoms with Crippen molar-refractivity contribution in [3.63, 3.8) is 0 Å². The maximum atomic E-state index is 12.0. The second-order valence-corrected chi connectivity index (χ2v) is 10.1. The maximum Gasteiger partial charge on any atom is 0.344 e. The number of rotatable bonds is 10. The quantitative estimate of drug-likeness (QED) is 0.272. The molecule has 7 nitrogen and oxygen atoms in total. The minimum absolute atomic E-state index is 0.131. The smallest absolute Gasteiger partial charge is 0.344 e. The molecule has 32 heavy (non-hydrogen) atoms. The van der Waals surface area contributed by atoms with Gasteiger partial charge in [0.15, 0.2) is 13.2 Å². The van der Waals surface area contributed by atoms with Crippen LogP contribution in [0, 0.1) is 0 Å². The van der Waals surface area contributed by atoms with Gasteiger partial charge in [-0.15, -0.1) is 23.5 Å². The Morgan fingerprint density at radius 2 is 1.88 bits per heavy atom. The van der Waals surface area contributed by atoms with Gasteiger partial charge in [-0.3, -0.25) is 4.79 Å². The lowest BCUT2D eigenvalue weighted by Gasteiger charge is -2.10. The molecule has 2 aromatic carbocycles. The number of halogens is 1. The van der Waals surface area contributed by atoms with E-state index in [0.717, 1.165) is 5.56 Å². The molecule has 3 rings (SSSR count). The van der Waals surface area contributed by atoms with E-state index < -0.39 is 5.97 Å². The van der Waals surface area contributed by atoms with Crippen LogP contribution in [-0.4, -0.2) is 49.4 Å². The second-order valence-electron chi connectivity index (χ2n) is 6.51. The molecule has 1 fully saturated rings. The Bertz CT molecular complexity index is 950. The fraction of sp³-hybridized carbons (Fsp3) is 0.318. The Hall–Kier alpha value is -2.17. The molecular formula is C22H23BrN2O5S2. The first-order chi connectivity index (χ1) is 15.5. The lowest BCUT2D eigenvalue weighted by molar-refractivity contribution is -0.145. The van der Waals surface area contributed by atoms with Crippen molar-refractivity contribution in [1.82, 2.24) is 5.43 Å². The standard InChI is InChI=1S/C22H23BrN2O5S2/c1-2-28-21(27)14-30-19-8-3-15(11-18(19)23)12-24-25-20(26)13-29-17-6-4-16(5-7-17)22-31-9-10-32-22/h3-8,11-12,22H,2,9-10,13-14H2,1H3,(H,25,26)/b24-12-. The molecule has 0 spiro atoms. The molecule has 1 N–H and O–H groups in total. The van der Waals surface area contributed by atoms with Crippen molar-refractivity contribution in [3.05, 3.63) is 58.1 Å². The van der Waals surface area contributed by atoms with Crippen molar-refractivity contribution >= 4 is 57.5 Å². The molecule has 0 bridgehead atoms. The Balaban J connectivity index is 1.41. The number of hydrogen-bond donors (Lipinski definition) is 1. The van der Waals surface area contributed by atoms with E-state index in [0.29, 0.717) is 27.2 Å². The lowest BCUT2D eigenvalue weighted by Crippen LogP contribution is -2.24. The van der Waals surface area contributed by atoms with Crippen LogP contribution < -0.4 is 14.9 Å². The third-order valence-corrected chi connectivity index (χ3v) is 7.88. The number of hydrazone groups is 1. The van der Waals surface area contributed by atoms with Crippen molar-refractivity contribution in [2.24, 2.45) is 5.10 Å². The first-order valence-electron chi connectivity index (χ1n) is 9.91. The highest BCUT2D eigenvalue weighted by atomic mass is 79.9. The number of ether oxygens (including phenoxy) is 3. The van der Waals surface area contributed by atoms with Gasteiger partial charge in [0.1, 0.15) is 11.5 Å². The van der Waals surface area contributed by atoms with Crippen LogP contribution in [-0.2, 0) is 14.3 Å². The highest BCUT2D eigenvalue weighted by Crippen LogP contribution is 2.45. The molecule has 0 atom stereocenters. The summed E-state index contributed by atoms with van der Waals surface area (Å²) in [5, 5.41) is 3.94. The number of carbonyl (C=O) groups excluding carboxylic acids is 2. The van der Waals surface area contributed by atoms with Gasteiger partial charge in [0.25, 0.3) is 5.91 Å². The summed E-state index contributed by atoms with van der Waals surface area (Å²) >= 11 is 7.28. The second kappa shape index (κ2) is 12.8. The van der Waals surface area contributed by atoms with Crippen LogP contribution in [0.2, 0.25) is 0 Å². The minimum atomic E-state index is -0.433. The molecule has 0 aromatic heterocycles. The first-order valence-corrected chi connectivity index (χ1v) is 12.8. The Labute approximate surface area is 203 Å². The lowest BCUT2D eigenvalue weighted by atomic mass is 10.2. The van der Waals surface area contributed by atoms with Gasteiger partial charge in [0, 0.05) is 11.5 Å². The predicted molar refractivity (Wildman–Crippen MR) is 132 cm³/mol. The zero-order valence-electron chi connectivity index (χ0n) is 17.4. The zero-order valence-corrected chi connectivity index (χ0v) is 20.6. The molecule has 1 aliphatic rings. The van der Waals surface area contributed by atoms with Gasteiger partial charge < -0.3 is 14.2 Å². The molecule has 1 heterocycles. The van der Waals surface area contributed by atoms with Crippen molar-refractivity contribution < 1.29 is 23.8 Å². The van der Waals surface area contributed by atoms with E-state index in [2.05, 4.69) is 26.5 Å². The molecule has 0 aliphatic carbocycles. The fourth-order valence-corrected chi connectivity index (χ4v) is 6.06. The van der Waals surface area contributed by atoms with Crippen LogP contribution in [0.4, 0.5) is 0 Å². The van der Waals surface area contributed by atoms with Crippen molar-refractivity contribution in [2.75, 3.05) is 31.3 Å². The maximum absolute atomic E-state index is 12.0. The summed E-state index contributed by atoms with van der Waals surface area (Å²) in [6.45, 7) is 1.74. The Kier molecular flexibility index (Phi) is 9.76. The summed E-state index contributed by atoms with van der Waals surface area (Å²) in [6, 6.07) is 13.1. The van der Waals surface area contributed by atoms with Crippen molar-refractivity contribution in [2.45, 2.75) is 11.5 Å². The van der Waals surface area contributed by atoms with Gasteiger partial charge in [-0.05, 0) is 64.3 Å². The molecule has 0 radical (unpaired) electrons. The molecule has 0 saturated carbocycles. The summed E-state index contributed by atoms with van der Waals surface area (Å²) in [5.41, 5.74) is 4.44. The van der Waals surface area contributed by atoms with Gasteiger partial charge in [-0.25, -0.2) is 10.2 Å². The van der Waals surface area contributed by atoms with Gasteiger partial charge in [-0.2, -0.15) is 5.10 Å². The Morgan fingerprint density at radius 1 is 1.12 bits per heavy atom. The predicted octanol–water partition coefficient (Wildman–Crippen LogP) is 4.40. The summed E-state index contributed by atoms with van der Waals surface area (Å²) in [4.78, 5) is 23.4. The van der Waals surface area contributed by atoms with Crippen LogP contribution >= 0.6 is 39.5 Å². The third-order valence-electron chi connectivity index (χ3n) is 4.15. The highest BCUT2D eigenvalue weighted by molar-refractivity contribution is 9.10. The van der Waals surface area contributed by atoms with E-state index in [9.17, 15) is 9.59 Å². The van der Waals surface area contributed by atoms with Crippen LogP contribution in [0.1, 0.15) is 22.6 Å². The molecule has 1 aliphatic heterocycles.